The van der Waals surface area contributed by atoms with Gasteiger partial charge in [-0.25, -0.2) is 9.50 Å². The average molecular weight is 299 g/mol. The van der Waals surface area contributed by atoms with Crippen LogP contribution in [0.15, 0.2) is 53.9 Å². The fraction of sp³-hybridized carbons (Fsp3) is 0.143. The van der Waals surface area contributed by atoms with Crippen LogP contribution in [0.25, 0.3) is 5.78 Å². The van der Waals surface area contributed by atoms with E-state index in [1.54, 1.807) is 34.9 Å². The highest BCUT2D eigenvalue weighted by Gasteiger charge is 2.13. The van der Waals surface area contributed by atoms with Crippen LogP contribution in [0, 0.1) is 0 Å². The predicted octanol–water partition coefficient (Wildman–Crippen LogP) is 1.88. The number of fused-ring (bicyclic) bond motifs is 1. The summed E-state index contributed by atoms with van der Waals surface area (Å²) >= 11 is 1.30. The number of hydrogen-bond acceptors (Lipinski definition) is 5. The quantitative estimate of drug-likeness (QED) is 0.688. The van der Waals surface area contributed by atoms with Gasteiger partial charge in [0, 0.05) is 25.1 Å². The van der Waals surface area contributed by atoms with Crippen LogP contribution < -0.4 is 4.90 Å². The van der Waals surface area contributed by atoms with E-state index in [2.05, 4.69) is 15.1 Å². The third kappa shape index (κ3) is 3.03. The molecule has 0 atom stereocenters. The maximum Gasteiger partial charge on any atom is 0.253 e. The smallest absolute Gasteiger partial charge is 0.253 e. The zero-order valence-electron chi connectivity index (χ0n) is 11.4. The summed E-state index contributed by atoms with van der Waals surface area (Å²) in [5.74, 6) is 0.810. The number of thioether (sulfide) groups is 1. The molecule has 3 rings (SSSR count). The molecule has 0 spiro atoms. The molecule has 7 heteroatoms. The van der Waals surface area contributed by atoms with Crippen molar-refractivity contribution >= 4 is 29.1 Å². The Morgan fingerprint density at radius 1 is 1.29 bits per heavy atom. The second-order valence-electron chi connectivity index (χ2n) is 4.34. The SMILES string of the molecule is CN(C(=O)CSc1nc2ncccn2n1)c1ccccc1. The second-order valence-corrected chi connectivity index (χ2v) is 5.28. The molecule has 0 bridgehead atoms. The molecule has 0 saturated carbocycles. The summed E-state index contributed by atoms with van der Waals surface area (Å²) in [4.78, 5) is 22.1. The molecule has 0 fully saturated rings. The summed E-state index contributed by atoms with van der Waals surface area (Å²) in [6.45, 7) is 0. The normalized spacial score (nSPS) is 10.7. The number of rotatable bonds is 4. The highest BCUT2D eigenvalue weighted by atomic mass is 32.2. The fourth-order valence-corrected chi connectivity index (χ4v) is 2.53. The Morgan fingerprint density at radius 3 is 2.86 bits per heavy atom. The van der Waals surface area contributed by atoms with Crippen LogP contribution in [-0.4, -0.2) is 38.3 Å². The lowest BCUT2D eigenvalue weighted by Crippen LogP contribution is -2.27. The monoisotopic (exact) mass is 299 g/mol. The Hall–Kier alpha value is -2.41. The number of benzene rings is 1. The van der Waals surface area contributed by atoms with E-state index in [4.69, 9.17) is 0 Å². The van der Waals surface area contributed by atoms with Gasteiger partial charge in [0.05, 0.1) is 5.75 Å². The third-order valence-corrected chi connectivity index (χ3v) is 3.76. The van der Waals surface area contributed by atoms with Gasteiger partial charge in [-0.1, -0.05) is 30.0 Å². The van der Waals surface area contributed by atoms with Crippen molar-refractivity contribution in [2.45, 2.75) is 5.16 Å². The van der Waals surface area contributed by atoms with Gasteiger partial charge in [0.1, 0.15) is 0 Å². The van der Waals surface area contributed by atoms with Crippen LogP contribution in [0.3, 0.4) is 0 Å². The molecule has 0 aliphatic carbocycles. The first-order valence-electron chi connectivity index (χ1n) is 6.36. The van der Waals surface area contributed by atoms with Gasteiger partial charge in [-0.05, 0) is 18.2 Å². The Kier molecular flexibility index (Phi) is 3.83. The largest absolute Gasteiger partial charge is 0.315 e. The molecule has 2 heterocycles. The van der Waals surface area contributed by atoms with Crippen LogP contribution in [0.5, 0.6) is 0 Å². The van der Waals surface area contributed by atoms with Gasteiger partial charge in [0.15, 0.2) is 0 Å². The number of anilines is 1. The van der Waals surface area contributed by atoms with E-state index in [9.17, 15) is 4.79 Å². The number of carbonyl (C=O) groups is 1. The summed E-state index contributed by atoms with van der Waals surface area (Å²) in [6, 6.07) is 11.3. The third-order valence-electron chi connectivity index (χ3n) is 2.94. The number of carbonyl (C=O) groups excluding carboxylic acids is 1. The molecular weight excluding hydrogens is 286 g/mol. The van der Waals surface area contributed by atoms with Gasteiger partial charge in [-0.2, -0.15) is 4.98 Å². The highest BCUT2D eigenvalue weighted by molar-refractivity contribution is 7.99. The van der Waals surface area contributed by atoms with Crippen molar-refractivity contribution in [2.75, 3.05) is 17.7 Å². The van der Waals surface area contributed by atoms with E-state index in [1.807, 2.05) is 30.3 Å². The fourth-order valence-electron chi connectivity index (χ4n) is 1.79. The van der Waals surface area contributed by atoms with Gasteiger partial charge < -0.3 is 4.90 Å². The topological polar surface area (TPSA) is 63.4 Å². The van der Waals surface area contributed by atoms with Gasteiger partial charge >= 0.3 is 0 Å². The Bertz CT molecular complexity index is 725. The zero-order chi connectivity index (χ0) is 14.7. The predicted molar refractivity (Wildman–Crippen MR) is 81.4 cm³/mol. The van der Waals surface area contributed by atoms with Crippen molar-refractivity contribution in [1.82, 2.24) is 19.6 Å². The molecule has 0 unspecified atom stereocenters. The van der Waals surface area contributed by atoms with E-state index in [1.165, 1.54) is 11.8 Å². The maximum absolute atomic E-state index is 12.2. The van der Waals surface area contributed by atoms with E-state index in [-0.39, 0.29) is 11.7 Å². The van der Waals surface area contributed by atoms with Crippen LogP contribution in [0.2, 0.25) is 0 Å². The molecule has 0 saturated heterocycles. The Morgan fingerprint density at radius 2 is 2.10 bits per heavy atom. The first-order valence-corrected chi connectivity index (χ1v) is 7.34. The molecule has 1 aromatic carbocycles. The van der Waals surface area contributed by atoms with Gasteiger partial charge in [-0.15, -0.1) is 5.10 Å². The van der Waals surface area contributed by atoms with E-state index in [0.29, 0.717) is 10.9 Å². The van der Waals surface area contributed by atoms with E-state index >= 15 is 0 Å². The van der Waals surface area contributed by atoms with E-state index < -0.39 is 0 Å². The number of nitrogens with zero attached hydrogens (tertiary/aromatic N) is 5. The zero-order valence-corrected chi connectivity index (χ0v) is 12.2. The van der Waals surface area contributed by atoms with Crippen molar-refractivity contribution < 1.29 is 4.79 Å². The summed E-state index contributed by atoms with van der Waals surface area (Å²) in [5.41, 5.74) is 0.868. The molecule has 6 nitrogen and oxygen atoms in total. The molecule has 0 aliphatic rings. The molecular formula is C14H13N5OS. The Balaban J connectivity index is 1.65. The van der Waals surface area contributed by atoms with Gasteiger partial charge in [0.2, 0.25) is 11.1 Å². The minimum absolute atomic E-state index is 0.00184. The van der Waals surface area contributed by atoms with Crippen LogP contribution in [-0.2, 0) is 4.79 Å². The van der Waals surface area contributed by atoms with Crippen LogP contribution in [0.4, 0.5) is 5.69 Å². The first kappa shape index (κ1) is 13.6. The number of aromatic nitrogens is 4. The standard InChI is InChI=1S/C14H13N5OS/c1-18(11-6-3-2-4-7-11)12(20)10-21-14-16-13-15-8-5-9-19(13)17-14/h2-9H,10H2,1H3. The lowest BCUT2D eigenvalue weighted by molar-refractivity contribution is -0.115. The molecule has 3 aromatic rings. The average Bonchev–Trinajstić information content (AvgIpc) is 2.95. The lowest BCUT2D eigenvalue weighted by Gasteiger charge is -2.16. The molecule has 1 amide bonds. The van der Waals surface area contributed by atoms with E-state index in [0.717, 1.165) is 5.69 Å². The second kappa shape index (κ2) is 5.92. The van der Waals surface area contributed by atoms with Crippen molar-refractivity contribution in [1.29, 1.82) is 0 Å². The van der Waals surface area contributed by atoms with Crippen molar-refractivity contribution in [3.8, 4) is 0 Å². The Labute approximate surface area is 125 Å². The lowest BCUT2D eigenvalue weighted by atomic mass is 10.3. The highest BCUT2D eigenvalue weighted by Crippen LogP contribution is 2.17. The number of para-hydroxylation sites is 1. The van der Waals surface area contributed by atoms with Crippen LogP contribution >= 0.6 is 11.8 Å². The van der Waals surface area contributed by atoms with Crippen molar-refractivity contribution in [3.63, 3.8) is 0 Å². The molecule has 2 aromatic heterocycles. The minimum atomic E-state index is -0.00184. The number of hydrogen-bond donors (Lipinski definition) is 0. The molecule has 0 radical (unpaired) electrons. The molecule has 106 valence electrons. The van der Waals surface area contributed by atoms with Gasteiger partial charge in [-0.3, -0.25) is 4.79 Å². The van der Waals surface area contributed by atoms with Crippen molar-refractivity contribution in [2.24, 2.45) is 0 Å². The first-order chi connectivity index (χ1) is 10.2. The summed E-state index contributed by atoms with van der Waals surface area (Å²) in [5, 5.41) is 4.80. The summed E-state index contributed by atoms with van der Waals surface area (Å²) in [7, 11) is 1.76. The molecule has 0 aliphatic heterocycles. The van der Waals surface area contributed by atoms with Crippen LogP contribution in [0.1, 0.15) is 0 Å². The summed E-state index contributed by atoms with van der Waals surface area (Å²) in [6.07, 6.45) is 3.43. The minimum Gasteiger partial charge on any atom is -0.315 e. The molecule has 21 heavy (non-hydrogen) atoms. The van der Waals surface area contributed by atoms with Gasteiger partial charge in [0.25, 0.3) is 5.78 Å². The van der Waals surface area contributed by atoms with Crippen molar-refractivity contribution in [3.05, 3.63) is 48.8 Å². The molecule has 0 N–H and O–H groups in total. The number of amides is 1. The maximum atomic E-state index is 12.2. The summed E-state index contributed by atoms with van der Waals surface area (Å²) < 4.78 is 1.59.